The first kappa shape index (κ1) is 14.8. The number of alkyl halides is 3. The van der Waals surface area contributed by atoms with Crippen LogP contribution < -0.4 is 10.7 Å². The van der Waals surface area contributed by atoms with Crippen molar-refractivity contribution >= 4 is 24.1 Å². The van der Waals surface area contributed by atoms with E-state index in [1.54, 1.807) is 12.1 Å². The lowest BCUT2D eigenvalue weighted by molar-refractivity contribution is -0.133. The number of hydrogen-bond acceptors (Lipinski definition) is 1. The molecule has 0 saturated heterocycles. The van der Waals surface area contributed by atoms with E-state index in [0.717, 1.165) is 16.7 Å². The molecule has 3 rings (SSSR count). The molecule has 0 radical (unpaired) electrons. The van der Waals surface area contributed by atoms with E-state index in [1.165, 1.54) is 0 Å². The van der Waals surface area contributed by atoms with Gasteiger partial charge in [-0.2, -0.15) is 13.2 Å². The summed E-state index contributed by atoms with van der Waals surface area (Å²) in [5, 5.41) is 3.42. The van der Waals surface area contributed by atoms with Gasteiger partial charge in [0.25, 0.3) is 0 Å². The van der Waals surface area contributed by atoms with E-state index in [1.807, 2.05) is 36.4 Å². The molecule has 0 atom stereocenters. The van der Waals surface area contributed by atoms with Crippen molar-refractivity contribution < 1.29 is 13.2 Å². The number of hydrogen-bond donors (Lipinski definition) is 1. The van der Waals surface area contributed by atoms with Crippen LogP contribution in [0, 0.1) is 0 Å². The summed E-state index contributed by atoms with van der Waals surface area (Å²) in [7, 11) is 0. The molecule has 0 saturated carbocycles. The molecule has 1 nitrogen and oxygen atoms in total. The van der Waals surface area contributed by atoms with Gasteiger partial charge in [0, 0.05) is 12.1 Å². The molecule has 0 aromatic heterocycles. The maximum absolute atomic E-state index is 12.2. The largest absolute Gasteiger partial charge is 0.420 e. The molecule has 22 heavy (non-hydrogen) atoms. The van der Waals surface area contributed by atoms with Crippen LogP contribution in [0.3, 0.4) is 0 Å². The Bertz CT molecular complexity index is 677. The summed E-state index contributed by atoms with van der Waals surface area (Å²) in [5.41, 5.74) is 3.96. The van der Waals surface area contributed by atoms with E-state index in [-0.39, 0.29) is 13.3 Å². The van der Waals surface area contributed by atoms with Crippen LogP contribution in [0.1, 0.15) is 17.5 Å². The molecule has 1 N–H and O–H groups in total. The van der Waals surface area contributed by atoms with Crippen LogP contribution in [0.15, 0.2) is 54.5 Å². The van der Waals surface area contributed by atoms with E-state index >= 15 is 0 Å². The van der Waals surface area contributed by atoms with Crippen LogP contribution in [0.2, 0.25) is 0 Å². The molecule has 0 fully saturated rings. The number of nitrogens with one attached hydrogen (secondary N) is 1. The van der Waals surface area contributed by atoms with Crippen LogP contribution in [0.5, 0.6) is 0 Å². The fraction of sp³-hybridized carbons (Fsp3) is 0.176. The maximum Gasteiger partial charge on any atom is 0.389 e. The summed E-state index contributed by atoms with van der Waals surface area (Å²) >= 11 is 0. The maximum atomic E-state index is 12.2. The quantitative estimate of drug-likeness (QED) is 0.843. The van der Waals surface area contributed by atoms with Gasteiger partial charge in [-0.3, -0.25) is 0 Å². The lowest BCUT2D eigenvalue weighted by Gasteiger charge is -2.20. The highest BCUT2D eigenvalue weighted by Crippen LogP contribution is 2.23. The zero-order valence-corrected chi connectivity index (χ0v) is 11.9. The van der Waals surface area contributed by atoms with E-state index < -0.39 is 12.6 Å². The number of halogens is 3. The molecular formula is C17H15BF3N. The van der Waals surface area contributed by atoms with Gasteiger partial charge in [-0.25, -0.2) is 0 Å². The van der Waals surface area contributed by atoms with Gasteiger partial charge < -0.3 is 5.23 Å². The second-order valence-electron chi connectivity index (χ2n) is 5.43. The van der Waals surface area contributed by atoms with Gasteiger partial charge in [-0.15, -0.1) is 0 Å². The SMILES string of the molecule is FC(F)(F)CCc1ccc(B2C=Cc3ccccc3N2)cc1. The number of benzene rings is 2. The molecule has 1 heterocycles. The lowest BCUT2D eigenvalue weighted by Crippen LogP contribution is -2.38. The highest BCUT2D eigenvalue weighted by Gasteiger charge is 2.26. The van der Waals surface area contributed by atoms with Gasteiger partial charge in [0.05, 0.1) is 0 Å². The van der Waals surface area contributed by atoms with Gasteiger partial charge >= 0.3 is 13.0 Å². The Morgan fingerprint density at radius 1 is 0.955 bits per heavy atom. The summed E-state index contributed by atoms with van der Waals surface area (Å²) in [6.07, 6.45) is -2.79. The Hall–Kier alpha value is -2.17. The van der Waals surface area contributed by atoms with Gasteiger partial charge in [-0.05, 0) is 23.6 Å². The number of rotatable bonds is 3. The van der Waals surface area contributed by atoms with Gasteiger partial charge in [0.15, 0.2) is 0 Å². The van der Waals surface area contributed by atoms with E-state index in [9.17, 15) is 13.2 Å². The Morgan fingerprint density at radius 3 is 2.41 bits per heavy atom. The first-order chi connectivity index (χ1) is 10.5. The fourth-order valence-corrected chi connectivity index (χ4v) is 2.56. The highest BCUT2D eigenvalue weighted by molar-refractivity contribution is 6.81. The first-order valence-electron chi connectivity index (χ1n) is 7.21. The topological polar surface area (TPSA) is 12.0 Å². The Balaban J connectivity index is 1.69. The zero-order valence-electron chi connectivity index (χ0n) is 11.9. The molecule has 112 valence electrons. The zero-order chi connectivity index (χ0) is 15.6. The van der Waals surface area contributed by atoms with Crippen molar-refractivity contribution in [1.29, 1.82) is 0 Å². The molecule has 1 aliphatic rings. The number of anilines is 1. The third-order valence-electron chi connectivity index (χ3n) is 3.78. The predicted octanol–water partition coefficient (Wildman–Crippen LogP) is 4.06. The van der Waals surface area contributed by atoms with Crippen molar-refractivity contribution in [2.45, 2.75) is 19.0 Å². The average Bonchev–Trinajstić information content (AvgIpc) is 2.52. The van der Waals surface area contributed by atoms with Gasteiger partial charge in [0.1, 0.15) is 0 Å². The molecule has 0 bridgehead atoms. The Kier molecular flexibility index (Phi) is 3.97. The van der Waals surface area contributed by atoms with Gasteiger partial charge in [-0.1, -0.05) is 60.0 Å². The molecule has 0 unspecified atom stereocenters. The predicted molar refractivity (Wildman–Crippen MR) is 85.3 cm³/mol. The summed E-state index contributed by atoms with van der Waals surface area (Å²) in [5.74, 6) is 2.06. The van der Waals surface area contributed by atoms with Crippen LogP contribution in [-0.2, 0) is 6.42 Å². The Morgan fingerprint density at radius 2 is 1.68 bits per heavy atom. The van der Waals surface area contributed by atoms with Crippen molar-refractivity contribution in [2.24, 2.45) is 0 Å². The van der Waals surface area contributed by atoms with Gasteiger partial charge in [0.2, 0.25) is 0 Å². The minimum absolute atomic E-state index is 0.0283. The van der Waals surface area contributed by atoms with Crippen molar-refractivity contribution in [3.05, 3.63) is 65.6 Å². The van der Waals surface area contributed by atoms with E-state index in [2.05, 4.69) is 17.3 Å². The molecular weight excluding hydrogens is 286 g/mol. The Labute approximate surface area is 128 Å². The monoisotopic (exact) mass is 301 g/mol. The molecule has 0 aliphatic carbocycles. The van der Waals surface area contributed by atoms with Crippen molar-refractivity contribution in [3.8, 4) is 0 Å². The van der Waals surface area contributed by atoms with Crippen molar-refractivity contribution in [1.82, 2.24) is 0 Å². The third-order valence-corrected chi connectivity index (χ3v) is 3.78. The van der Waals surface area contributed by atoms with Crippen LogP contribution in [-0.4, -0.2) is 13.0 Å². The molecule has 2 aromatic carbocycles. The number of aryl methyl sites for hydroxylation is 1. The van der Waals surface area contributed by atoms with Crippen molar-refractivity contribution in [3.63, 3.8) is 0 Å². The smallest absolute Gasteiger partial charge is 0.389 e. The molecule has 0 spiro atoms. The normalized spacial score (nSPS) is 13.7. The van der Waals surface area contributed by atoms with Crippen LogP contribution in [0.25, 0.3) is 6.08 Å². The van der Waals surface area contributed by atoms with Crippen LogP contribution in [0.4, 0.5) is 18.9 Å². The minimum atomic E-state index is -4.10. The summed E-state index contributed by atoms with van der Waals surface area (Å²) < 4.78 is 36.7. The van der Waals surface area contributed by atoms with E-state index in [0.29, 0.717) is 5.56 Å². The fourth-order valence-electron chi connectivity index (χ4n) is 2.56. The van der Waals surface area contributed by atoms with E-state index in [4.69, 9.17) is 0 Å². The molecule has 0 amide bonds. The first-order valence-corrected chi connectivity index (χ1v) is 7.21. The van der Waals surface area contributed by atoms with Crippen LogP contribution >= 0.6 is 0 Å². The molecule has 2 aromatic rings. The standard InChI is InChI=1S/C17H15BF3N/c19-17(20,21)11-9-13-5-7-15(8-6-13)18-12-10-14-3-1-2-4-16(14)22-18/h1-8,10,12,22H,9,11H2. The minimum Gasteiger partial charge on any atom is -0.420 e. The molecule has 5 heteroatoms. The van der Waals surface area contributed by atoms with Crippen molar-refractivity contribution in [2.75, 3.05) is 5.23 Å². The average molecular weight is 301 g/mol. The highest BCUT2D eigenvalue weighted by atomic mass is 19.4. The lowest BCUT2D eigenvalue weighted by atomic mass is 9.54. The second-order valence-corrected chi connectivity index (χ2v) is 5.43. The summed E-state index contributed by atoms with van der Waals surface area (Å²) in [6.45, 7) is 0.0477. The third kappa shape index (κ3) is 3.53. The summed E-state index contributed by atoms with van der Waals surface area (Å²) in [4.78, 5) is 0. The number of para-hydroxylation sites is 1. The molecule has 1 aliphatic heterocycles. The second kappa shape index (κ2) is 5.91. The number of fused-ring (bicyclic) bond motifs is 1. The summed E-state index contributed by atoms with van der Waals surface area (Å²) in [6, 6.07) is 15.3.